The van der Waals surface area contributed by atoms with Gasteiger partial charge in [0, 0.05) is 25.2 Å². The van der Waals surface area contributed by atoms with Crippen molar-refractivity contribution in [2.75, 3.05) is 19.7 Å². The quantitative estimate of drug-likeness (QED) is 0.562. The second-order valence-corrected chi connectivity index (χ2v) is 8.68. The first-order valence-electron chi connectivity index (χ1n) is 11.2. The van der Waals surface area contributed by atoms with Gasteiger partial charge in [-0.05, 0) is 47.7 Å². The maximum absolute atomic E-state index is 14.3. The minimum Gasteiger partial charge on any atom is -0.493 e. The van der Waals surface area contributed by atoms with Crippen molar-refractivity contribution >= 4 is 5.91 Å². The SMILES string of the molecule is CC(C)COc1ccc(CNCc2ccc(F)cc2C(=O)NC2CCN(C#N)CC2F)cc1. The smallest absolute Gasteiger partial charge is 0.252 e. The number of carbonyl (C=O) groups excluding carboxylic acids is 1. The molecule has 1 aliphatic heterocycles. The second-order valence-electron chi connectivity index (χ2n) is 8.68. The van der Waals surface area contributed by atoms with Crippen LogP contribution >= 0.6 is 0 Å². The number of hydrogen-bond donors (Lipinski definition) is 2. The third kappa shape index (κ3) is 7.16. The fraction of sp³-hybridized carbons (Fsp3) is 0.440. The van der Waals surface area contributed by atoms with Crippen molar-refractivity contribution in [3.63, 3.8) is 0 Å². The molecule has 0 radical (unpaired) electrons. The van der Waals surface area contributed by atoms with Crippen molar-refractivity contribution in [2.45, 2.75) is 45.6 Å². The van der Waals surface area contributed by atoms with Crippen molar-refractivity contribution in [2.24, 2.45) is 5.92 Å². The number of amides is 1. The highest BCUT2D eigenvalue weighted by Crippen LogP contribution is 2.17. The standard InChI is InChI=1S/C25H30F2N4O2/c1-17(2)15-33-21-7-3-18(4-8-21)12-29-13-19-5-6-20(26)11-22(19)25(32)30-24-9-10-31(16-28)14-23(24)27/h3-8,11,17,23-24,29H,9-10,12-15H2,1-2H3,(H,30,32). The molecular formula is C25H30F2N4O2. The van der Waals surface area contributed by atoms with Gasteiger partial charge in [0.1, 0.15) is 17.7 Å². The lowest BCUT2D eigenvalue weighted by Gasteiger charge is -2.32. The van der Waals surface area contributed by atoms with Gasteiger partial charge < -0.3 is 20.3 Å². The van der Waals surface area contributed by atoms with Crippen LogP contribution in [0, 0.1) is 23.2 Å². The number of benzene rings is 2. The second kappa shape index (κ2) is 11.6. The summed E-state index contributed by atoms with van der Waals surface area (Å²) in [6.07, 6.45) is 0.886. The van der Waals surface area contributed by atoms with Gasteiger partial charge >= 0.3 is 0 Å². The molecule has 2 aromatic rings. The molecule has 0 aromatic heterocycles. The highest BCUT2D eigenvalue weighted by molar-refractivity contribution is 5.96. The van der Waals surface area contributed by atoms with Crippen LogP contribution in [0.1, 0.15) is 41.8 Å². The molecule has 0 saturated carbocycles. The van der Waals surface area contributed by atoms with Gasteiger partial charge in [-0.15, -0.1) is 0 Å². The van der Waals surface area contributed by atoms with Crippen LogP contribution in [0.25, 0.3) is 0 Å². The molecular weight excluding hydrogens is 426 g/mol. The Morgan fingerprint density at radius 2 is 2.00 bits per heavy atom. The van der Waals surface area contributed by atoms with Crippen LogP contribution in [0.5, 0.6) is 5.75 Å². The first-order valence-corrected chi connectivity index (χ1v) is 11.2. The van der Waals surface area contributed by atoms with Gasteiger partial charge in [-0.3, -0.25) is 4.79 Å². The molecule has 8 heteroatoms. The normalized spacial score (nSPS) is 18.1. The van der Waals surface area contributed by atoms with E-state index >= 15 is 0 Å². The van der Waals surface area contributed by atoms with Gasteiger partial charge in [-0.25, -0.2) is 8.78 Å². The van der Waals surface area contributed by atoms with Crippen molar-refractivity contribution in [1.29, 1.82) is 5.26 Å². The van der Waals surface area contributed by atoms with E-state index in [0.29, 0.717) is 44.1 Å². The van der Waals surface area contributed by atoms with Gasteiger partial charge in [0.15, 0.2) is 6.19 Å². The van der Waals surface area contributed by atoms with E-state index in [4.69, 9.17) is 10.00 Å². The summed E-state index contributed by atoms with van der Waals surface area (Å²) >= 11 is 0. The van der Waals surface area contributed by atoms with E-state index in [2.05, 4.69) is 24.5 Å². The summed E-state index contributed by atoms with van der Waals surface area (Å²) in [6, 6.07) is 11.1. The number of hydrogen-bond acceptors (Lipinski definition) is 5. The molecule has 1 heterocycles. The number of nitriles is 1. The Hall–Kier alpha value is -3.18. The zero-order chi connectivity index (χ0) is 23.8. The van der Waals surface area contributed by atoms with E-state index in [1.807, 2.05) is 30.5 Å². The first kappa shape index (κ1) is 24.5. The van der Waals surface area contributed by atoms with Crippen molar-refractivity contribution in [1.82, 2.24) is 15.5 Å². The Kier molecular flexibility index (Phi) is 8.61. The Labute approximate surface area is 193 Å². The average molecular weight is 457 g/mol. The maximum atomic E-state index is 14.3. The summed E-state index contributed by atoms with van der Waals surface area (Å²) in [5.41, 5.74) is 1.84. The van der Waals surface area contributed by atoms with Crippen LogP contribution in [0.3, 0.4) is 0 Å². The third-order valence-electron chi connectivity index (χ3n) is 5.47. The molecule has 176 valence electrons. The predicted octanol–water partition coefficient (Wildman–Crippen LogP) is 3.77. The van der Waals surface area contributed by atoms with Crippen molar-refractivity contribution in [3.8, 4) is 11.9 Å². The molecule has 6 nitrogen and oxygen atoms in total. The topological polar surface area (TPSA) is 77.4 Å². The Morgan fingerprint density at radius 3 is 2.67 bits per heavy atom. The molecule has 1 aliphatic rings. The number of nitrogens with zero attached hydrogens (tertiary/aromatic N) is 2. The van der Waals surface area contributed by atoms with E-state index < -0.39 is 23.9 Å². The summed E-state index contributed by atoms with van der Waals surface area (Å²) < 4.78 is 33.9. The van der Waals surface area contributed by atoms with Crippen LogP contribution in [0.2, 0.25) is 0 Å². The molecule has 2 aromatic carbocycles. The maximum Gasteiger partial charge on any atom is 0.252 e. The van der Waals surface area contributed by atoms with Crippen LogP contribution in [-0.4, -0.2) is 42.7 Å². The highest BCUT2D eigenvalue weighted by atomic mass is 19.1. The molecule has 33 heavy (non-hydrogen) atoms. The van der Waals surface area contributed by atoms with Gasteiger partial charge in [0.2, 0.25) is 0 Å². The average Bonchev–Trinajstić information content (AvgIpc) is 2.80. The molecule has 0 spiro atoms. The van der Waals surface area contributed by atoms with Crippen LogP contribution in [0.4, 0.5) is 8.78 Å². The summed E-state index contributed by atoms with van der Waals surface area (Å²) in [5.74, 6) is 0.222. The van der Waals surface area contributed by atoms with Gasteiger partial charge in [-0.1, -0.05) is 32.0 Å². The largest absolute Gasteiger partial charge is 0.493 e. The first-order chi connectivity index (χ1) is 15.9. The molecule has 2 unspecified atom stereocenters. The fourth-order valence-electron chi connectivity index (χ4n) is 3.63. The third-order valence-corrected chi connectivity index (χ3v) is 5.47. The Morgan fingerprint density at radius 1 is 1.24 bits per heavy atom. The zero-order valence-electron chi connectivity index (χ0n) is 19.0. The fourth-order valence-corrected chi connectivity index (χ4v) is 3.63. The highest BCUT2D eigenvalue weighted by Gasteiger charge is 2.30. The number of rotatable bonds is 9. The molecule has 3 rings (SSSR count). The number of ether oxygens (including phenoxy) is 1. The van der Waals surface area contributed by atoms with E-state index in [1.165, 1.54) is 17.0 Å². The van der Waals surface area contributed by atoms with E-state index in [1.54, 1.807) is 6.07 Å². The molecule has 2 atom stereocenters. The Bertz CT molecular complexity index is 975. The Balaban J connectivity index is 1.57. The number of piperidine rings is 1. The van der Waals surface area contributed by atoms with Crippen molar-refractivity contribution in [3.05, 3.63) is 65.0 Å². The number of likely N-dealkylation sites (tertiary alicyclic amines) is 1. The van der Waals surface area contributed by atoms with Crippen LogP contribution in [0.15, 0.2) is 42.5 Å². The minimum atomic E-state index is -1.36. The monoisotopic (exact) mass is 456 g/mol. The molecule has 0 aliphatic carbocycles. The summed E-state index contributed by atoms with van der Waals surface area (Å²) in [4.78, 5) is 14.1. The lowest BCUT2D eigenvalue weighted by Crippen LogP contribution is -2.51. The number of carbonyl (C=O) groups is 1. The molecule has 1 fully saturated rings. The molecule has 1 amide bonds. The molecule has 2 N–H and O–H groups in total. The van der Waals surface area contributed by atoms with Crippen LogP contribution < -0.4 is 15.4 Å². The van der Waals surface area contributed by atoms with Gasteiger partial charge in [0.25, 0.3) is 5.91 Å². The number of alkyl halides is 1. The minimum absolute atomic E-state index is 0.0552. The summed E-state index contributed by atoms with van der Waals surface area (Å²) in [5, 5.41) is 14.9. The van der Waals surface area contributed by atoms with Gasteiger partial charge in [0.05, 0.1) is 19.2 Å². The molecule has 1 saturated heterocycles. The van der Waals surface area contributed by atoms with E-state index in [9.17, 15) is 13.6 Å². The van der Waals surface area contributed by atoms with Gasteiger partial charge in [-0.2, -0.15) is 5.26 Å². The predicted molar refractivity (Wildman–Crippen MR) is 122 cm³/mol. The zero-order valence-corrected chi connectivity index (χ0v) is 19.0. The van der Waals surface area contributed by atoms with Crippen LogP contribution in [-0.2, 0) is 13.1 Å². The lowest BCUT2D eigenvalue weighted by molar-refractivity contribution is 0.0847. The lowest BCUT2D eigenvalue weighted by atomic mass is 10.0. The number of nitrogens with one attached hydrogen (secondary N) is 2. The van der Waals surface area contributed by atoms with E-state index in [-0.39, 0.29) is 12.1 Å². The summed E-state index contributed by atoms with van der Waals surface area (Å²) in [7, 11) is 0. The summed E-state index contributed by atoms with van der Waals surface area (Å²) in [6.45, 7) is 6.07. The number of halogens is 2. The molecule has 0 bridgehead atoms. The van der Waals surface area contributed by atoms with E-state index in [0.717, 1.165) is 11.3 Å². The van der Waals surface area contributed by atoms with Crippen molar-refractivity contribution < 1.29 is 18.3 Å².